The number of amides is 1. The van der Waals surface area contributed by atoms with Gasteiger partial charge >= 0.3 is 5.97 Å². The molecule has 0 aliphatic rings. The first kappa shape index (κ1) is 33.3. The summed E-state index contributed by atoms with van der Waals surface area (Å²) in [6.45, 7) is 2.02. The van der Waals surface area contributed by atoms with Gasteiger partial charge in [0.05, 0.1) is 10.0 Å². The third-order valence-corrected chi connectivity index (χ3v) is 7.55. The minimum atomic E-state index is -1.22. The standard InChI is InChI=1S/C33H37Cl2F2NO4/c1-2-3-4-5-6-7-8-9-10-11-16-38-33(41)24-17-25(22-12-14-29(36)27(34)19-22)32(42-21-31(39)40)26(18-24)23-13-15-30(37)28(35)20-23/h12-15,17-20H,2-11,16,21H2,1H3,(H,38,41)(H,39,40). The molecule has 0 aliphatic heterocycles. The highest BCUT2D eigenvalue weighted by atomic mass is 35.5. The smallest absolute Gasteiger partial charge is 0.341 e. The topological polar surface area (TPSA) is 75.6 Å². The van der Waals surface area contributed by atoms with Gasteiger partial charge in [0.2, 0.25) is 0 Å². The second-order valence-corrected chi connectivity index (χ2v) is 11.1. The Morgan fingerprint density at radius 1 is 0.762 bits per heavy atom. The maximum atomic E-state index is 14.0. The van der Waals surface area contributed by atoms with E-state index in [0.717, 1.165) is 19.3 Å². The molecule has 0 saturated heterocycles. The third-order valence-electron chi connectivity index (χ3n) is 6.97. The van der Waals surface area contributed by atoms with Crippen molar-refractivity contribution in [1.29, 1.82) is 0 Å². The predicted octanol–water partition coefficient (Wildman–Crippen LogP) is 9.72. The number of halogens is 4. The minimum Gasteiger partial charge on any atom is -0.481 e. The molecule has 1 amide bonds. The molecule has 42 heavy (non-hydrogen) atoms. The number of aliphatic carboxylic acids is 1. The largest absolute Gasteiger partial charge is 0.481 e. The average molecular weight is 621 g/mol. The summed E-state index contributed by atoms with van der Waals surface area (Å²) in [5.41, 5.74) is 1.71. The van der Waals surface area contributed by atoms with Crippen LogP contribution in [-0.4, -0.2) is 30.1 Å². The number of carbonyl (C=O) groups excluding carboxylic acids is 1. The van der Waals surface area contributed by atoms with Crippen LogP contribution in [0.2, 0.25) is 10.0 Å². The number of carbonyl (C=O) groups is 2. The van der Waals surface area contributed by atoms with Crippen molar-refractivity contribution in [2.75, 3.05) is 13.2 Å². The number of carboxylic acids is 1. The van der Waals surface area contributed by atoms with Crippen LogP contribution < -0.4 is 10.1 Å². The quantitative estimate of drug-likeness (QED) is 0.147. The second kappa shape index (κ2) is 17.1. The lowest BCUT2D eigenvalue weighted by atomic mass is 9.94. The second-order valence-electron chi connectivity index (χ2n) is 10.3. The molecule has 3 aromatic carbocycles. The Morgan fingerprint density at radius 2 is 1.24 bits per heavy atom. The van der Waals surface area contributed by atoms with Gasteiger partial charge < -0.3 is 15.2 Å². The van der Waals surface area contributed by atoms with Gasteiger partial charge in [-0.1, -0.05) is 100 Å². The van der Waals surface area contributed by atoms with Gasteiger partial charge in [-0.25, -0.2) is 13.6 Å². The Hall–Kier alpha value is -3.16. The molecule has 2 N–H and O–H groups in total. The lowest BCUT2D eigenvalue weighted by Gasteiger charge is -2.18. The van der Waals surface area contributed by atoms with E-state index in [4.69, 9.17) is 27.9 Å². The van der Waals surface area contributed by atoms with Crippen molar-refractivity contribution in [2.24, 2.45) is 0 Å². The highest BCUT2D eigenvalue weighted by Gasteiger charge is 2.21. The van der Waals surface area contributed by atoms with Gasteiger partial charge in [-0.15, -0.1) is 0 Å². The van der Waals surface area contributed by atoms with Gasteiger partial charge in [-0.3, -0.25) is 4.79 Å². The van der Waals surface area contributed by atoms with E-state index < -0.39 is 24.2 Å². The first-order valence-electron chi connectivity index (χ1n) is 14.4. The Bertz CT molecular complexity index is 1290. The van der Waals surface area contributed by atoms with Crippen LogP contribution in [0, 0.1) is 11.6 Å². The summed E-state index contributed by atoms with van der Waals surface area (Å²) in [4.78, 5) is 24.7. The van der Waals surface area contributed by atoms with Crippen molar-refractivity contribution in [3.63, 3.8) is 0 Å². The number of benzene rings is 3. The van der Waals surface area contributed by atoms with Gasteiger partial charge in [-0.05, 0) is 53.9 Å². The number of hydrogen-bond donors (Lipinski definition) is 2. The molecule has 0 fully saturated rings. The maximum absolute atomic E-state index is 14.0. The number of hydrogen-bond acceptors (Lipinski definition) is 3. The number of ether oxygens (including phenoxy) is 1. The van der Waals surface area contributed by atoms with Crippen molar-refractivity contribution in [1.82, 2.24) is 5.32 Å². The number of carboxylic acid groups (broad SMARTS) is 1. The number of unbranched alkanes of at least 4 members (excludes halogenated alkanes) is 9. The van der Waals surface area contributed by atoms with Crippen LogP contribution in [0.5, 0.6) is 5.75 Å². The molecular formula is C33H37Cl2F2NO4. The molecule has 0 radical (unpaired) electrons. The van der Waals surface area contributed by atoms with Gasteiger partial charge in [0, 0.05) is 23.2 Å². The fourth-order valence-corrected chi connectivity index (χ4v) is 5.08. The van der Waals surface area contributed by atoms with E-state index in [1.807, 2.05) is 0 Å². The predicted molar refractivity (Wildman–Crippen MR) is 165 cm³/mol. The molecule has 0 saturated carbocycles. The van der Waals surface area contributed by atoms with E-state index >= 15 is 0 Å². The molecular weight excluding hydrogens is 583 g/mol. The average Bonchev–Trinajstić information content (AvgIpc) is 2.97. The normalized spacial score (nSPS) is 11.0. The van der Waals surface area contributed by atoms with Crippen LogP contribution in [-0.2, 0) is 4.79 Å². The molecule has 3 aromatic rings. The molecule has 0 heterocycles. The van der Waals surface area contributed by atoms with E-state index in [2.05, 4.69) is 12.2 Å². The number of nitrogens with one attached hydrogen (secondary N) is 1. The summed E-state index contributed by atoms with van der Waals surface area (Å²) < 4.78 is 33.6. The summed E-state index contributed by atoms with van der Waals surface area (Å²) in [5, 5.41) is 11.9. The summed E-state index contributed by atoms with van der Waals surface area (Å²) in [6.07, 6.45) is 11.8. The first-order chi connectivity index (χ1) is 20.2. The van der Waals surface area contributed by atoms with Crippen LogP contribution in [0.3, 0.4) is 0 Å². The summed E-state index contributed by atoms with van der Waals surface area (Å²) in [7, 11) is 0. The third kappa shape index (κ3) is 9.99. The Balaban J connectivity index is 1.83. The van der Waals surface area contributed by atoms with Crippen LogP contribution in [0.1, 0.15) is 81.5 Å². The molecule has 5 nitrogen and oxygen atoms in total. The van der Waals surface area contributed by atoms with Crippen molar-refractivity contribution in [2.45, 2.75) is 71.1 Å². The van der Waals surface area contributed by atoms with E-state index in [-0.39, 0.29) is 27.3 Å². The molecule has 0 unspecified atom stereocenters. The van der Waals surface area contributed by atoms with Crippen molar-refractivity contribution in [3.05, 3.63) is 75.8 Å². The molecule has 0 aromatic heterocycles. The fourth-order valence-electron chi connectivity index (χ4n) is 4.72. The van der Waals surface area contributed by atoms with E-state index in [9.17, 15) is 23.5 Å². The van der Waals surface area contributed by atoms with Crippen molar-refractivity contribution >= 4 is 35.1 Å². The van der Waals surface area contributed by atoms with Crippen molar-refractivity contribution in [3.8, 4) is 28.0 Å². The van der Waals surface area contributed by atoms with E-state index in [1.54, 1.807) is 12.1 Å². The zero-order chi connectivity index (χ0) is 30.5. The Labute approximate surface area is 256 Å². The number of rotatable bonds is 17. The SMILES string of the molecule is CCCCCCCCCCCCNC(=O)c1cc(-c2ccc(F)c(Cl)c2)c(OCC(=O)O)c(-c2ccc(F)c(Cl)c2)c1. The van der Waals surface area contributed by atoms with E-state index in [0.29, 0.717) is 28.8 Å². The van der Waals surface area contributed by atoms with Crippen LogP contribution in [0.4, 0.5) is 8.78 Å². The molecule has 0 bridgehead atoms. The van der Waals surface area contributed by atoms with Crippen LogP contribution >= 0.6 is 23.2 Å². The zero-order valence-corrected chi connectivity index (χ0v) is 25.3. The molecule has 0 atom stereocenters. The van der Waals surface area contributed by atoms with Gasteiger partial charge in [0.15, 0.2) is 6.61 Å². The summed E-state index contributed by atoms with van der Waals surface area (Å²) in [5.74, 6) is -2.73. The lowest BCUT2D eigenvalue weighted by molar-refractivity contribution is -0.139. The van der Waals surface area contributed by atoms with Crippen LogP contribution in [0.15, 0.2) is 48.5 Å². The fraction of sp³-hybridized carbons (Fsp3) is 0.394. The molecule has 226 valence electrons. The minimum absolute atomic E-state index is 0.106. The van der Waals surface area contributed by atoms with Gasteiger partial charge in [0.25, 0.3) is 5.91 Å². The molecule has 0 aliphatic carbocycles. The lowest BCUT2D eigenvalue weighted by Crippen LogP contribution is -2.24. The molecule has 9 heteroatoms. The Morgan fingerprint density at radius 3 is 1.69 bits per heavy atom. The maximum Gasteiger partial charge on any atom is 0.341 e. The first-order valence-corrected chi connectivity index (χ1v) is 15.2. The van der Waals surface area contributed by atoms with Gasteiger partial charge in [-0.2, -0.15) is 0 Å². The van der Waals surface area contributed by atoms with Gasteiger partial charge in [0.1, 0.15) is 17.4 Å². The highest BCUT2D eigenvalue weighted by Crippen LogP contribution is 2.42. The van der Waals surface area contributed by atoms with Crippen molar-refractivity contribution < 1.29 is 28.2 Å². The monoisotopic (exact) mass is 619 g/mol. The highest BCUT2D eigenvalue weighted by molar-refractivity contribution is 6.31. The summed E-state index contributed by atoms with van der Waals surface area (Å²) >= 11 is 12.1. The zero-order valence-electron chi connectivity index (χ0n) is 23.8. The van der Waals surface area contributed by atoms with Crippen LogP contribution in [0.25, 0.3) is 22.3 Å². The summed E-state index contributed by atoms with van der Waals surface area (Å²) in [6, 6.07) is 11.1. The van der Waals surface area contributed by atoms with E-state index in [1.165, 1.54) is 81.3 Å². The molecule has 0 spiro atoms. The molecule has 3 rings (SSSR count). The Kier molecular flexibility index (Phi) is 13.6.